The quantitative estimate of drug-likeness (QED) is 0.651. The smallest absolute Gasteiger partial charge is 0.203 e. The lowest BCUT2D eigenvalue weighted by molar-refractivity contribution is 0.141. The van der Waals surface area contributed by atoms with E-state index in [0.29, 0.717) is 12.6 Å². The van der Waals surface area contributed by atoms with E-state index in [1.165, 1.54) is 0 Å². The Labute approximate surface area is 109 Å². The van der Waals surface area contributed by atoms with Gasteiger partial charge in [0.05, 0.1) is 12.6 Å². The first kappa shape index (κ1) is 15.0. The van der Waals surface area contributed by atoms with Gasteiger partial charge in [-0.2, -0.15) is 0 Å². The molecule has 0 amide bonds. The van der Waals surface area contributed by atoms with Crippen molar-refractivity contribution in [2.24, 2.45) is 0 Å². The summed E-state index contributed by atoms with van der Waals surface area (Å²) in [6.07, 6.45) is 5.83. The van der Waals surface area contributed by atoms with Gasteiger partial charge in [0.25, 0.3) is 0 Å². The number of nitrogens with zero attached hydrogens (tertiary/aromatic N) is 2. The number of ether oxygens (including phenoxy) is 2. The van der Waals surface area contributed by atoms with E-state index in [-0.39, 0.29) is 0 Å². The zero-order chi connectivity index (χ0) is 13.2. The number of hydrogen-bond acceptors (Lipinski definition) is 4. The highest BCUT2D eigenvalue weighted by molar-refractivity contribution is 5.27. The second kappa shape index (κ2) is 8.94. The maximum atomic E-state index is 5.34. The molecule has 0 aliphatic rings. The lowest BCUT2D eigenvalue weighted by Gasteiger charge is -2.17. The normalized spacial score (nSPS) is 12.6. The van der Waals surface area contributed by atoms with Gasteiger partial charge in [-0.15, -0.1) is 0 Å². The highest BCUT2D eigenvalue weighted by Gasteiger charge is 2.09. The summed E-state index contributed by atoms with van der Waals surface area (Å²) in [7, 11) is 1.72. The predicted octanol–water partition coefficient (Wildman–Crippen LogP) is 2.15. The summed E-state index contributed by atoms with van der Waals surface area (Å²) in [5.41, 5.74) is 0. The lowest BCUT2D eigenvalue weighted by atomic mass is 10.2. The number of aryl methyl sites for hydroxylation is 1. The molecule has 0 saturated heterocycles. The van der Waals surface area contributed by atoms with Crippen molar-refractivity contribution in [3.05, 3.63) is 12.4 Å². The predicted molar refractivity (Wildman–Crippen MR) is 72.9 cm³/mol. The van der Waals surface area contributed by atoms with Crippen LogP contribution in [0, 0.1) is 0 Å². The molecule has 18 heavy (non-hydrogen) atoms. The van der Waals surface area contributed by atoms with Crippen molar-refractivity contribution in [2.75, 3.05) is 32.2 Å². The van der Waals surface area contributed by atoms with Crippen molar-refractivity contribution in [2.45, 2.75) is 39.3 Å². The van der Waals surface area contributed by atoms with Crippen LogP contribution >= 0.6 is 0 Å². The van der Waals surface area contributed by atoms with E-state index in [0.717, 1.165) is 38.5 Å². The second-order valence-electron chi connectivity index (χ2n) is 4.20. The van der Waals surface area contributed by atoms with Gasteiger partial charge < -0.3 is 19.4 Å². The van der Waals surface area contributed by atoms with E-state index >= 15 is 0 Å². The molecule has 104 valence electrons. The molecule has 1 heterocycles. The van der Waals surface area contributed by atoms with Gasteiger partial charge >= 0.3 is 0 Å². The zero-order valence-corrected chi connectivity index (χ0v) is 11.7. The largest absolute Gasteiger partial charge is 0.383 e. The summed E-state index contributed by atoms with van der Waals surface area (Å²) in [6.45, 7) is 7.35. The first-order valence-corrected chi connectivity index (χ1v) is 6.66. The Kier molecular flexibility index (Phi) is 7.44. The van der Waals surface area contributed by atoms with Crippen LogP contribution in [0.4, 0.5) is 5.95 Å². The number of anilines is 1. The van der Waals surface area contributed by atoms with Crippen LogP contribution in [0.1, 0.15) is 26.7 Å². The topological polar surface area (TPSA) is 48.3 Å². The summed E-state index contributed by atoms with van der Waals surface area (Å²) in [5, 5.41) is 3.41. The highest BCUT2D eigenvalue weighted by Crippen LogP contribution is 2.09. The molecule has 0 spiro atoms. The van der Waals surface area contributed by atoms with Crippen LogP contribution in [-0.4, -0.2) is 42.5 Å². The number of hydrogen-bond donors (Lipinski definition) is 1. The Morgan fingerprint density at radius 2 is 2.28 bits per heavy atom. The van der Waals surface area contributed by atoms with Crippen LogP contribution in [0.15, 0.2) is 12.4 Å². The van der Waals surface area contributed by atoms with E-state index in [2.05, 4.69) is 21.8 Å². The summed E-state index contributed by atoms with van der Waals surface area (Å²) in [6, 6.07) is 0.308. The molecular weight excluding hydrogens is 230 g/mol. The van der Waals surface area contributed by atoms with Gasteiger partial charge in [0.2, 0.25) is 5.95 Å². The number of methoxy groups -OCH3 is 1. The van der Waals surface area contributed by atoms with Crippen LogP contribution in [0.3, 0.4) is 0 Å². The maximum absolute atomic E-state index is 5.34. The van der Waals surface area contributed by atoms with Crippen LogP contribution in [0.5, 0.6) is 0 Å². The number of rotatable bonds is 10. The van der Waals surface area contributed by atoms with E-state index < -0.39 is 0 Å². The Morgan fingerprint density at radius 1 is 1.44 bits per heavy atom. The van der Waals surface area contributed by atoms with E-state index in [9.17, 15) is 0 Å². The Hall–Kier alpha value is -1.07. The Morgan fingerprint density at radius 3 is 2.94 bits per heavy atom. The molecule has 1 rings (SSSR count). The van der Waals surface area contributed by atoms with Gasteiger partial charge in [0, 0.05) is 39.3 Å². The molecule has 0 fully saturated rings. The SMILES string of the molecule is CCOCCCn1ccnc1NC(CC)COC. The summed E-state index contributed by atoms with van der Waals surface area (Å²) < 4.78 is 12.6. The average Bonchev–Trinajstić information content (AvgIpc) is 2.81. The second-order valence-corrected chi connectivity index (χ2v) is 4.20. The molecule has 1 aromatic heterocycles. The van der Waals surface area contributed by atoms with Gasteiger partial charge in [0.1, 0.15) is 0 Å². The third kappa shape index (κ3) is 5.06. The van der Waals surface area contributed by atoms with E-state index in [4.69, 9.17) is 9.47 Å². The van der Waals surface area contributed by atoms with E-state index in [1.54, 1.807) is 7.11 Å². The number of nitrogens with one attached hydrogen (secondary N) is 1. The van der Waals surface area contributed by atoms with Crippen LogP contribution in [-0.2, 0) is 16.0 Å². The minimum Gasteiger partial charge on any atom is -0.383 e. The molecule has 0 saturated carbocycles. The first-order chi connectivity index (χ1) is 8.81. The summed E-state index contributed by atoms with van der Waals surface area (Å²) >= 11 is 0. The molecule has 0 aliphatic carbocycles. The highest BCUT2D eigenvalue weighted by atomic mass is 16.5. The van der Waals surface area contributed by atoms with Crippen molar-refractivity contribution in [1.82, 2.24) is 9.55 Å². The molecule has 0 aliphatic heterocycles. The Balaban J connectivity index is 2.43. The van der Waals surface area contributed by atoms with Crippen molar-refractivity contribution >= 4 is 5.95 Å². The Bertz CT molecular complexity index is 315. The molecule has 1 N–H and O–H groups in total. The number of imidazole rings is 1. The fraction of sp³-hybridized carbons (Fsp3) is 0.769. The maximum Gasteiger partial charge on any atom is 0.203 e. The first-order valence-electron chi connectivity index (χ1n) is 6.66. The van der Waals surface area contributed by atoms with E-state index in [1.807, 2.05) is 19.3 Å². The molecule has 1 unspecified atom stereocenters. The third-order valence-corrected chi connectivity index (χ3v) is 2.80. The molecular formula is C13H25N3O2. The minimum atomic E-state index is 0.308. The molecule has 0 bridgehead atoms. The van der Waals surface area contributed by atoms with Gasteiger partial charge in [-0.05, 0) is 19.8 Å². The van der Waals surface area contributed by atoms with Crippen molar-refractivity contribution < 1.29 is 9.47 Å². The van der Waals surface area contributed by atoms with Crippen molar-refractivity contribution in [3.8, 4) is 0 Å². The molecule has 5 nitrogen and oxygen atoms in total. The third-order valence-electron chi connectivity index (χ3n) is 2.80. The van der Waals surface area contributed by atoms with Crippen LogP contribution in [0.2, 0.25) is 0 Å². The van der Waals surface area contributed by atoms with Gasteiger partial charge in [-0.25, -0.2) is 4.98 Å². The molecule has 0 aromatic carbocycles. The fourth-order valence-electron chi connectivity index (χ4n) is 1.76. The van der Waals surface area contributed by atoms with Crippen LogP contribution in [0.25, 0.3) is 0 Å². The molecule has 1 atom stereocenters. The summed E-state index contributed by atoms with van der Waals surface area (Å²) in [5.74, 6) is 0.912. The van der Waals surface area contributed by atoms with Gasteiger partial charge in [-0.1, -0.05) is 6.92 Å². The average molecular weight is 255 g/mol. The zero-order valence-electron chi connectivity index (χ0n) is 11.7. The van der Waals surface area contributed by atoms with Crippen molar-refractivity contribution in [1.29, 1.82) is 0 Å². The molecule has 1 aromatic rings. The van der Waals surface area contributed by atoms with Gasteiger partial charge in [0.15, 0.2) is 0 Å². The van der Waals surface area contributed by atoms with Gasteiger partial charge in [-0.3, -0.25) is 0 Å². The fourth-order valence-corrected chi connectivity index (χ4v) is 1.76. The molecule has 0 radical (unpaired) electrons. The number of aromatic nitrogens is 2. The monoisotopic (exact) mass is 255 g/mol. The minimum absolute atomic E-state index is 0.308. The molecule has 5 heteroatoms. The van der Waals surface area contributed by atoms with Crippen LogP contribution < -0.4 is 5.32 Å². The van der Waals surface area contributed by atoms with Crippen molar-refractivity contribution in [3.63, 3.8) is 0 Å². The lowest BCUT2D eigenvalue weighted by Crippen LogP contribution is -2.26. The summed E-state index contributed by atoms with van der Waals surface area (Å²) in [4.78, 5) is 4.34. The standard InChI is InChI=1S/C13H25N3O2/c1-4-12(11-17-3)15-13-14-7-9-16(13)8-6-10-18-5-2/h7,9,12H,4-6,8,10-11H2,1-3H3,(H,14,15).